The molecule has 0 bridgehead atoms. The monoisotopic (exact) mass is 542 g/mol. The van der Waals surface area contributed by atoms with E-state index < -0.39 is 0 Å². The standard InChI is InChI=1S/C31H50N4O4/c1-7-14-25-26-16-12-17-27(39-22-28(36)33(8-2)9-3)29(26)34(19-10-11-20-38-6)30(25)31(37)35(23(4)5)24-15-13-18-32-21-24/h12,16-17,23-24,32H,7-11,13-15,18-22H2,1-6H3/t24-/m1/s1. The smallest absolute Gasteiger partial charge is 0.271 e. The number of nitrogens with one attached hydrogen (secondary N) is 1. The van der Waals surface area contributed by atoms with Crippen LogP contribution in [0.3, 0.4) is 0 Å². The van der Waals surface area contributed by atoms with Gasteiger partial charge >= 0.3 is 0 Å². The molecule has 0 spiro atoms. The molecule has 1 saturated heterocycles. The summed E-state index contributed by atoms with van der Waals surface area (Å²) < 4.78 is 13.7. The van der Waals surface area contributed by atoms with Crippen LogP contribution in [-0.4, -0.2) is 84.8 Å². The van der Waals surface area contributed by atoms with Gasteiger partial charge < -0.3 is 29.2 Å². The lowest BCUT2D eigenvalue weighted by Crippen LogP contribution is -2.52. The highest BCUT2D eigenvalue weighted by molar-refractivity contribution is 6.03. The van der Waals surface area contributed by atoms with Gasteiger partial charge in [0.05, 0.1) is 5.52 Å². The predicted octanol–water partition coefficient (Wildman–Crippen LogP) is 4.87. The summed E-state index contributed by atoms with van der Waals surface area (Å²) in [6, 6.07) is 6.26. The zero-order chi connectivity index (χ0) is 28.4. The van der Waals surface area contributed by atoms with Crippen LogP contribution in [0.15, 0.2) is 18.2 Å². The maximum absolute atomic E-state index is 14.6. The van der Waals surface area contributed by atoms with Crippen molar-refractivity contribution in [2.24, 2.45) is 0 Å². The van der Waals surface area contributed by atoms with E-state index in [2.05, 4.69) is 41.6 Å². The molecule has 0 aliphatic carbocycles. The van der Waals surface area contributed by atoms with Gasteiger partial charge in [0.1, 0.15) is 11.4 Å². The van der Waals surface area contributed by atoms with Crippen molar-refractivity contribution in [3.63, 3.8) is 0 Å². The van der Waals surface area contributed by atoms with E-state index in [0.29, 0.717) is 32.0 Å². The number of fused-ring (bicyclic) bond motifs is 1. The molecule has 39 heavy (non-hydrogen) atoms. The number of para-hydroxylation sites is 1. The van der Waals surface area contributed by atoms with E-state index in [4.69, 9.17) is 9.47 Å². The Kier molecular flexibility index (Phi) is 12.1. The highest BCUT2D eigenvalue weighted by atomic mass is 16.5. The van der Waals surface area contributed by atoms with Crippen LogP contribution >= 0.6 is 0 Å². The Morgan fingerprint density at radius 3 is 2.54 bits per heavy atom. The Labute approximate surface area is 235 Å². The van der Waals surface area contributed by atoms with Crippen molar-refractivity contribution in [1.82, 2.24) is 19.7 Å². The lowest BCUT2D eigenvalue weighted by molar-refractivity contribution is -0.132. The van der Waals surface area contributed by atoms with Gasteiger partial charge in [-0.15, -0.1) is 0 Å². The minimum Gasteiger partial charge on any atom is -0.482 e. The summed E-state index contributed by atoms with van der Waals surface area (Å²) in [6.45, 7) is 14.8. The number of aryl methyl sites for hydroxylation is 2. The highest BCUT2D eigenvalue weighted by Crippen LogP contribution is 2.36. The number of ether oxygens (including phenoxy) is 2. The summed E-state index contributed by atoms with van der Waals surface area (Å²) in [4.78, 5) is 31.2. The zero-order valence-electron chi connectivity index (χ0n) is 25.1. The van der Waals surface area contributed by atoms with Crippen molar-refractivity contribution < 1.29 is 19.1 Å². The fourth-order valence-electron chi connectivity index (χ4n) is 5.87. The predicted molar refractivity (Wildman–Crippen MR) is 158 cm³/mol. The Bertz CT molecular complexity index is 1070. The number of amides is 2. The first-order valence-corrected chi connectivity index (χ1v) is 15.0. The van der Waals surface area contributed by atoms with Crippen LogP contribution in [0.1, 0.15) is 82.8 Å². The molecule has 1 aliphatic rings. The van der Waals surface area contributed by atoms with E-state index in [-0.39, 0.29) is 30.5 Å². The number of hydrogen-bond donors (Lipinski definition) is 1. The average Bonchev–Trinajstić information content (AvgIpc) is 3.25. The van der Waals surface area contributed by atoms with Crippen LogP contribution in [0.25, 0.3) is 10.9 Å². The molecular weight excluding hydrogens is 492 g/mol. The molecule has 2 amide bonds. The van der Waals surface area contributed by atoms with Gasteiger partial charge in [0.25, 0.3) is 11.8 Å². The van der Waals surface area contributed by atoms with Gasteiger partial charge in [0.2, 0.25) is 0 Å². The lowest BCUT2D eigenvalue weighted by atomic mass is 10.0. The number of hydrogen-bond acceptors (Lipinski definition) is 5. The molecule has 8 nitrogen and oxygen atoms in total. The highest BCUT2D eigenvalue weighted by Gasteiger charge is 2.33. The number of carbonyl (C=O) groups is 2. The Morgan fingerprint density at radius 1 is 1.15 bits per heavy atom. The van der Waals surface area contributed by atoms with Crippen molar-refractivity contribution in [2.45, 2.75) is 91.8 Å². The third-order valence-corrected chi connectivity index (χ3v) is 7.75. The van der Waals surface area contributed by atoms with Gasteiger partial charge in [-0.1, -0.05) is 25.5 Å². The quantitative estimate of drug-likeness (QED) is 0.325. The summed E-state index contributed by atoms with van der Waals surface area (Å²) >= 11 is 0. The summed E-state index contributed by atoms with van der Waals surface area (Å²) in [6.07, 6.45) is 5.59. The number of rotatable bonds is 15. The molecule has 1 aromatic carbocycles. The van der Waals surface area contributed by atoms with E-state index in [1.54, 1.807) is 12.0 Å². The first-order chi connectivity index (χ1) is 18.9. The normalized spacial score (nSPS) is 15.6. The Morgan fingerprint density at radius 2 is 1.92 bits per heavy atom. The molecule has 8 heteroatoms. The van der Waals surface area contributed by atoms with E-state index in [0.717, 1.165) is 73.8 Å². The third kappa shape index (κ3) is 7.34. The molecule has 218 valence electrons. The largest absolute Gasteiger partial charge is 0.482 e. The van der Waals surface area contributed by atoms with Crippen LogP contribution in [-0.2, 0) is 22.5 Å². The van der Waals surface area contributed by atoms with E-state index in [9.17, 15) is 9.59 Å². The van der Waals surface area contributed by atoms with E-state index in [1.807, 2.05) is 26.0 Å². The summed E-state index contributed by atoms with van der Waals surface area (Å²) in [5, 5.41) is 4.54. The molecule has 0 radical (unpaired) electrons. The molecule has 1 aliphatic heterocycles. The van der Waals surface area contributed by atoms with Crippen molar-refractivity contribution in [2.75, 3.05) is 46.5 Å². The number of unbranched alkanes of at least 4 members (excludes halogenated alkanes) is 1. The summed E-state index contributed by atoms with van der Waals surface area (Å²) in [7, 11) is 1.72. The van der Waals surface area contributed by atoms with Gasteiger partial charge in [-0.25, -0.2) is 0 Å². The molecule has 3 rings (SSSR count). The number of likely N-dealkylation sites (N-methyl/N-ethyl adjacent to an activating group) is 1. The zero-order valence-corrected chi connectivity index (χ0v) is 25.1. The van der Waals surface area contributed by atoms with Crippen LogP contribution in [0, 0.1) is 0 Å². The molecule has 1 aromatic heterocycles. The molecule has 1 fully saturated rings. The van der Waals surface area contributed by atoms with Gasteiger partial charge in [0, 0.05) is 57.4 Å². The van der Waals surface area contributed by atoms with Crippen LogP contribution in [0.2, 0.25) is 0 Å². The second-order valence-electron chi connectivity index (χ2n) is 10.7. The van der Waals surface area contributed by atoms with Crippen molar-refractivity contribution in [1.29, 1.82) is 0 Å². The van der Waals surface area contributed by atoms with Crippen molar-refractivity contribution in [3.8, 4) is 5.75 Å². The summed E-state index contributed by atoms with van der Waals surface area (Å²) in [5.41, 5.74) is 2.77. The fourth-order valence-corrected chi connectivity index (χ4v) is 5.87. The first kappa shape index (κ1) is 31.0. The minimum atomic E-state index is -0.0314. The van der Waals surface area contributed by atoms with E-state index in [1.165, 1.54) is 0 Å². The molecule has 1 atom stereocenters. The van der Waals surface area contributed by atoms with Gasteiger partial charge in [-0.2, -0.15) is 0 Å². The van der Waals surface area contributed by atoms with Crippen LogP contribution in [0.4, 0.5) is 0 Å². The van der Waals surface area contributed by atoms with Gasteiger partial charge in [0.15, 0.2) is 6.61 Å². The van der Waals surface area contributed by atoms with Crippen molar-refractivity contribution >= 4 is 22.7 Å². The SMILES string of the molecule is CCCc1c(C(=O)N(C(C)C)[C@@H]2CCCNC2)n(CCCCOC)c2c(OCC(=O)N(CC)CC)cccc12. The maximum Gasteiger partial charge on any atom is 0.271 e. The van der Waals surface area contributed by atoms with Gasteiger partial charge in [-0.05, 0) is 78.0 Å². The second kappa shape index (κ2) is 15.3. The van der Waals surface area contributed by atoms with Gasteiger partial charge in [-0.3, -0.25) is 9.59 Å². The topological polar surface area (TPSA) is 76.0 Å². The number of benzene rings is 1. The third-order valence-electron chi connectivity index (χ3n) is 7.75. The van der Waals surface area contributed by atoms with Crippen LogP contribution in [0.5, 0.6) is 5.75 Å². The first-order valence-electron chi connectivity index (χ1n) is 15.0. The molecular formula is C31H50N4O4. The molecule has 2 heterocycles. The second-order valence-corrected chi connectivity index (χ2v) is 10.7. The summed E-state index contributed by atoms with van der Waals surface area (Å²) in [5.74, 6) is 0.720. The molecule has 0 saturated carbocycles. The average molecular weight is 543 g/mol. The molecule has 1 N–H and O–H groups in total. The molecule has 0 unspecified atom stereocenters. The lowest BCUT2D eigenvalue weighted by Gasteiger charge is -2.38. The minimum absolute atomic E-state index is 0.0199. The fraction of sp³-hybridized carbons (Fsp3) is 0.677. The maximum atomic E-state index is 14.6. The Hall–Kier alpha value is -2.58. The Balaban J connectivity index is 2.13. The number of methoxy groups -OCH3 is 1. The number of aromatic nitrogens is 1. The molecule has 2 aromatic rings. The van der Waals surface area contributed by atoms with E-state index >= 15 is 0 Å². The number of piperidine rings is 1. The number of carbonyl (C=O) groups excluding carboxylic acids is 2. The number of nitrogens with zero attached hydrogens (tertiary/aromatic N) is 3. The van der Waals surface area contributed by atoms with Crippen molar-refractivity contribution in [3.05, 3.63) is 29.5 Å². The van der Waals surface area contributed by atoms with Crippen LogP contribution < -0.4 is 10.1 Å².